The predicted molar refractivity (Wildman–Crippen MR) is 67.3 cm³/mol. The number of hydrogen-bond acceptors (Lipinski definition) is 1. The number of hydrogen-bond donors (Lipinski definition) is 0. The van der Waals surface area contributed by atoms with Crippen LogP contribution < -0.4 is 10.2 Å². The maximum absolute atomic E-state index is 13.1. The molecule has 0 aliphatic heterocycles. The first kappa shape index (κ1) is 11.7. The van der Waals surface area contributed by atoms with Crippen LogP contribution in [0.3, 0.4) is 0 Å². The fourth-order valence-electron chi connectivity index (χ4n) is 1.53. The van der Waals surface area contributed by atoms with Crippen molar-refractivity contribution in [1.29, 1.82) is 0 Å². The van der Waals surface area contributed by atoms with E-state index < -0.39 is 0 Å². The molecule has 0 fully saturated rings. The summed E-state index contributed by atoms with van der Waals surface area (Å²) in [4.78, 5) is 0. The molecule has 17 heavy (non-hydrogen) atoms. The van der Waals surface area contributed by atoms with Crippen LogP contribution in [0.2, 0.25) is 0 Å². The zero-order valence-electron chi connectivity index (χ0n) is 9.61. The molecule has 0 atom stereocenters. The normalized spacial score (nSPS) is 10.2. The van der Waals surface area contributed by atoms with Crippen LogP contribution in [0.1, 0.15) is 11.1 Å². The second-order valence-electron chi connectivity index (χ2n) is 3.94. The summed E-state index contributed by atoms with van der Waals surface area (Å²) in [7, 11) is 5.57. The van der Waals surface area contributed by atoms with Crippen LogP contribution >= 0.6 is 0 Å². The van der Waals surface area contributed by atoms with Crippen molar-refractivity contribution in [1.82, 2.24) is 0 Å². The van der Waals surface area contributed by atoms with E-state index in [1.807, 2.05) is 12.1 Å². The van der Waals surface area contributed by atoms with E-state index >= 15 is 0 Å². The molecule has 0 aliphatic rings. The molecule has 2 radical (unpaired) electrons. The second kappa shape index (κ2) is 5.04. The summed E-state index contributed by atoms with van der Waals surface area (Å²) in [5.74, 6) is 0.558. The molecule has 0 aliphatic carbocycles. The maximum Gasteiger partial charge on any atom is 0.126 e. The molecule has 0 saturated heterocycles. The van der Waals surface area contributed by atoms with Gasteiger partial charge in [-0.1, -0.05) is 23.7 Å². The minimum Gasteiger partial charge on any atom is -0.489 e. The fraction of sp³-hybridized carbons (Fsp3) is 0.143. The molecule has 84 valence electrons. The summed E-state index contributed by atoms with van der Waals surface area (Å²) >= 11 is 0. The van der Waals surface area contributed by atoms with Gasteiger partial charge in [0.25, 0.3) is 0 Å². The maximum atomic E-state index is 13.1. The Kier molecular flexibility index (Phi) is 3.47. The number of benzene rings is 2. The third-order valence-corrected chi connectivity index (χ3v) is 2.51. The minimum absolute atomic E-state index is 0.193. The van der Waals surface area contributed by atoms with Crippen LogP contribution in [0.25, 0.3) is 0 Å². The van der Waals surface area contributed by atoms with Gasteiger partial charge in [0.15, 0.2) is 0 Å². The Bertz CT molecular complexity index is 508. The number of halogens is 1. The highest BCUT2D eigenvalue weighted by atomic mass is 19.1. The molecule has 2 rings (SSSR count). The van der Waals surface area contributed by atoms with Crippen molar-refractivity contribution in [3.8, 4) is 5.75 Å². The van der Waals surface area contributed by atoms with Crippen LogP contribution in [0.15, 0.2) is 42.5 Å². The Morgan fingerprint density at radius 2 is 1.82 bits per heavy atom. The molecular weight excluding hydrogens is 214 g/mol. The molecule has 1 nitrogen and oxygen atoms in total. The number of ether oxygens (including phenoxy) is 1. The van der Waals surface area contributed by atoms with Crippen molar-refractivity contribution in [2.24, 2.45) is 0 Å². The molecule has 2 aromatic rings. The van der Waals surface area contributed by atoms with E-state index in [0.29, 0.717) is 17.6 Å². The first-order valence-corrected chi connectivity index (χ1v) is 5.38. The van der Waals surface area contributed by atoms with Gasteiger partial charge >= 0.3 is 0 Å². The van der Waals surface area contributed by atoms with Gasteiger partial charge in [-0.3, -0.25) is 0 Å². The van der Waals surface area contributed by atoms with Gasteiger partial charge < -0.3 is 4.74 Å². The van der Waals surface area contributed by atoms with Crippen molar-refractivity contribution >= 4 is 13.3 Å². The number of aryl methyl sites for hydroxylation is 1. The van der Waals surface area contributed by atoms with Crippen molar-refractivity contribution in [3.05, 3.63) is 59.4 Å². The Hall–Kier alpha value is -1.77. The SMILES string of the molecule is [B]c1ccc(OCc2ccc(F)c(C)c2)cc1. The molecular formula is C14H12BFO. The average molecular weight is 226 g/mol. The van der Waals surface area contributed by atoms with Crippen molar-refractivity contribution in [2.45, 2.75) is 13.5 Å². The standard InChI is InChI=1S/C14H12BFO/c1-10-8-11(2-7-14(10)16)9-17-13-5-3-12(15)4-6-13/h2-8H,9H2,1H3. The van der Waals surface area contributed by atoms with Gasteiger partial charge in [0.1, 0.15) is 26.0 Å². The lowest BCUT2D eigenvalue weighted by atomic mass is 9.97. The van der Waals surface area contributed by atoms with Gasteiger partial charge in [-0.2, -0.15) is 0 Å². The van der Waals surface area contributed by atoms with E-state index in [9.17, 15) is 4.39 Å². The lowest BCUT2D eigenvalue weighted by molar-refractivity contribution is 0.306. The molecule has 0 amide bonds. The lowest BCUT2D eigenvalue weighted by Gasteiger charge is -2.07. The van der Waals surface area contributed by atoms with Crippen molar-refractivity contribution < 1.29 is 9.13 Å². The van der Waals surface area contributed by atoms with Crippen LogP contribution in [0.4, 0.5) is 4.39 Å². The van der Waals surface area contributed by atoms with Gasteiger partial charge in [0.2, 0.25) is 0 Å². The highest BCUT2D eigenvalue weighted by Crippen LogP contribution is 2.13. The van der Waals surface area contributed by atoms with E-state index in [0.717, 1.165) is 11.3 Å². The molecule has 2 aromatic carbocycles. The van der Waals surface area contributed by atoms with Crippen molar-refractivity contribution in [2.75, 3.05) is 0 Å². The molecule has 0 spiro atoms. The van der Waals surface area contributed by atoms with Crippen LogP contribution in [-0.2, 0) is 6.61 Å². The quantitative estimate of drug-likeness (QED) is 0.730. The molecule has 0 unspecified atom stereocenters. The average Bonchev–Trinajstić information content (AvgIpc) is 2.33. The minimum atomic E-state index is -0.193. The molecule has 0 heterocycles. The topological polar surface area (TPSA) is 9.23 Å². The van der Waals surface area contributed by atoms with E-state index in [2.05, 4.69) is 0 Å². The van der Waals surface area contributed by atoms with Crippen LogP contribution in [0.5, 0.6) is 5.75 Å². The Labute approximate surface area is 102 Å². The van der Waals surface area contributed by atoms with Crippen LogP contribution in [-0.4, -0.2) is 7.85 Å². The third-order valence-electron chi connectivity index (χ3n) is 2.51. The summed E-state index contributed by atoms with van der Waals surface area (Å²) in [5.41, 5.74) is 2.28. The molecule has 0 bridgehead atoms. The molecule has 0 N–H and O–H groups in total. The summed E-state index contributed by atoms with van der Waals surface area (Å²) in [5, 5.41) is 0. The number of rotatable bonds is 3. The van der Waals surface area contributed by atoms with Gasteiger partial charge in [-0.15, -0.1) is 0 Å². The van der Waals surface area contributed by atoms with E-state index in [1.165, 1.54) is 6.07 Å². The van der Waals surface area contributed by atoms with E-state index in [-0.39, 0.29) is 5.82 Å². The van der Waals surface area contributed by atoms with E-state index in [1.54, 1.807) is 31.2 Å². The largest absolute Gasteiger partial charge is 0.489 e. The summed E-state index contributed by atoms with van der Waals surface area (Å²) in [6, 6.07) is 12.1. The van der Waals surface area contributed by atoms with Gasteiger partial charge in [-0.05, 0) is 42.3 Å². The fourth-order valence-corrected chi connectivity index (χ4v) is 1.53. The van der Waals surface area contributed by atoms with Gasteiger partial charge in [0.05, 0.1) is 0 Å². The second-order valence-corrected chi connectivity index (χ2v) is 3.94. The van der Waals surface area contributed by atoms with Gasteiger partial charge in [-0.25, -0.2) is 4.39 Å². The monoisotopic (exact) mass is 226 g/mol. The summed E-state index contributed by atoms with van der Waals surface area (Å²) in [6.07, 6.45) is 0. The first-order chi connectivity index (χ1) is 8.15. The molecule has 3 heteroatoms. The Morgan fingerprint density at radius 1 is 1.12 bits per heavy atom. The smallest absolute Gasteiger partial charge is 0.126 e. The Balaban J connectivity index is 2.02. The summed E-state index contributed by atoms with van der Waals surface area (Å²) in [6.45, 7) is 2.16. The first-order valence-electron chi connectivity index (χ1n) is 5.38. The highest BCUT2D eigenvalue weighted by Gasteiger charge is 2.00. The zero-order valence-corrected chi connectivity index (χ0v) is 9.61. The third kappa shape index (κ3) is 3.10. The zero-order chi connectivity index (χ0) is 12.3. The molecule has 0 saturated carbocycles. The molecule has 0 aromatic heterocycles. The van der Waals surface area contributed by atoms with Crippen LogP contribution in [0, 0.1) is 12.7 Å². The Morgan fingerprint density at radius 3 is 2.47 bits per heavy atom. The van der Waals surface area contributed by atoms with E-state index in [4.69, 9.17) is 12.6 Å². The van der Waals surface area contributed by atoms with Crippen molar-refractivity contribution in [3.63, 3.8) is 0 Å². The summed E-state index contributed by atoms with van der Waals surface area (Å²) < 4.78 is 18.6. The van der Waals surface area contributed by atoms with Gasteiger partial charge in [0, 0.05) is 0 Å². The lowest BCUT2D eigenvalue weighted by Crippen LogP contribution is -2.01. The highest BCUT2D eigenvalue weighted by molar-refractivity contribution is 6.32. The predicted octanol–water partition coefficient (Wildman–Crippen LogP) is 2.51.